The lowest BCUT2D eigenvalue weighted by Gasteiger charge is -2.34. The van der Waals surface area contributed by atoms with Gasteiger partial charge in [-0.1, -0.05) is 0 Å². The van der Waals surface area contributed by atoms with Gasteiger partial charge < -0.3 is 20.3 Å². The van der Waals surface area contributed by atoms with Gasteiger partial charge in [-0.15, -0.1) is 0 Å². The van der Waals surface area contributed by atoms with Crippen molar-refractivity contribution >= 4 is 27.4 Å². The van der Waals surface area contributed by atoms with Crippen LogP contribution < -0.4 is 15.5 Å². The number of aromatic nitrogens is 2. The molecule has 41 heavy (non-hydrogen) atoms. The van der Waals surface area contributed by atoms with Gasteiger partial charge in [-0.05, 0) is 62.2 Å². The Morgan fingerprint density at radius 3 is 2.46 bits per heavy atom. The summed E-state index contributed by atoms with van der Waals surface area (Å²) >= 11 is 0. The Kier molecular flexibility index (Phi) is 7.88. The fraction of sp³-hybridized carbons (Fsp3) is 0.370. The van der Waals surface area contributed by atoms with Gasteiger partial charge in [0.2, 0.25) is 0 Å². The van der Waals surface area contributed by atoms with Crippen molar-refractivity contribution in [3.05, 3.63) is 65.9 Å². The molecule has 218 valence electrons. The SMILES string of the molecule is C[C@H]1COCCN1c1cc(C2(S(=O)(=O)c3ccc(F)c(F)c3)CC2)nc(-c2ccc(NC(=O)NCC(F)F)cc2)n1. The van der Waals surface area contributed by atoms with E-state index in [0.717, 1.165) is 12.1 Å². The molecule has 0 bridgehead atoms. The number of ether oxygens (including phenoxy) is 1. The summed E-state index contributed by atoms with van der Waals surface area (Å²) in [4.78, 5) is 22.8. The van der Waals surface area contributed by atoms with E-state index in [0.29, 0.717) is 42.9 Å². The first-order valence-corrected chi connectivity index (χ1v) is 14.4. The fourth-order valence-electron chi connectivity index (χ4n) is 4.71. The van der Waals surface area contributed by atoms with E-state index in [1.165, 1.54) is 12.1 Å². The van der Waals surface area contributed by atoms with Gasteiger partial charge in [-0.3, -0.25) is 0 Å². The fourth-order valence-corrected chi connectivity index (χ4v) is 6.68. The zero-order valence-electron chi connectivity index (χ0n) is 21.9. The third-order valence-corrected chi connectivity index (χ3v) is 9.60. The first-order valence-electron chi connectivity index (χ1n) is 12.9. The molecule has 0 spiro atoms. The molecular weight excluding hydrogens is 566 g/mol. The van der Waals surface area contributed by atoms with Gasteiger partial charge in [-0.25, -0.2) is 40.7 Å². The number of rotatable bonds is 8. The van der Waals surface area contributed by atoms with E-state index in [9.17, 15) is 30.8 Å². The summed E-state index contributed by atoms with van der Waals surface area (Å²) in [5.41, 5.74) is 1.07. The van der Waals surface area contributed by atoms with Crippen molar-refractivity contribution in [2.75, 3.05) is 36.5 Å². The Bertz CT molecular complexity index is 1550. The van der Waals surface area contributed by atoms with E-state index >= 15 is 0 Å². The van der Waals surface area contributed by atoms with Gasteiger partial charge in [0.1, 0.15) is 10.6 Å². The summed E-state index contributed by atoms with van der Waals surface area (Å²) in [6.45, 7) is 2.57. The van der Waals surface area contributed by atoms with Crippen molar-refractivity contribution in [3.63, 3.8) is 0 Å². The molecule has 2 amide bonds. The van der Waals surface area contributed by atoms with Crippen molar-refractivity contribution in [2.45, 2.75) is 41.9 Å². The number of anilines is 2. The molecule has 1 aliphatic heterocycles. The van der Waals surface area contributed by atoms with E-state index in [2.05, 4.69) is 10.3 Å². The Balaban J connectivity index is 1.52. The minimum atomic E-state index is -4.16. The number of amides is 2. The smallest absolute Gasteiger partial charge is 0.319 e. The topological polar surface area (TPSA) is 114 Å². The summed E-state index contributed by atoms with van der Waals surface area (Å²) in [6, 6.07) is 9.58. The maximum atomic E-state index is 14.0. The van der Waals surface area contributed by atoms with Gasteiger partial charge in [0.25, 0.3) is 6.43 Å². The van der Waals surface area contributed by atoms with Crippen molar-refractivity contribution in [1.29, 1.82) is 0 Å². The zero-order chi connectivity index (χ0) is 29.4. The van der Waals surface area contributed by atoms with Gasteiger partial charge in [0.15, 0.2) is 27.3 Å². The number of alkyl halides is 2. The normalized spacial score (nSPS) is 18.3. The molecule has 1 aromatic heterocycles. The lowest BCUT2D eigenvalue weighted by Crippen LogP contribution is -2.44. The minimum absolute atomic E-state index is 0.0596. The lowest BCUT2D eigenvalue weighted by molar-refractivity contribution is 0.0985. The monoisotopic (exact) mass is 593 g/mol. The molecular formula is C27H27F4N5O4S. The second kappa shape index (κ2) is 11.2. The summed E-state index contributed by atoms with van der Waals surface area (Å²) in [6.07, 6.45) is -2.21. The van der Waals surface area contributed by atoms with Gasteiger partial charge in [0.05, 0.1) is 36.4 Å². The molecule has 14 heteroatoms. The quantitative estimate of drug-likeness (QED) is 0.292. The summed E-state index contributed by atoms with van der Waals surface area (Å²) in [7, 11) is -4.16. The summed E-state index contributed by atoms with van der Waals surface area (Å²) in [5.74, 6) is -1.70. The first-order chi connectivity index (χ1) is 19.5. The lowest BCUT2D eigenvalue weighted by atomic mass is 10.1. The van der Waals surface area contributed by atoms with Gasteiger partial charge in [-0.2, -0.15) is 0 Å². The van der Waals surface area contributed by atoms with E-state index in [1.54, 1.807) is 18.2 Å². The Hall–Kier alpha value is -3.78. The van der Waals surface area contributed by atoms with E-state index in [-0.39, 0.29) is 35.3 Å². The molecule has 9 nitrogen and oxygen atoms in total. The standard InChI is InChI=1S/C27H27F4N5O4S/c1-16-15-40-11-10-36(16)24-13-22(27(8-9-27)41(38,39)19-6-7-20(28)21(29)12-19)34-25(35-24)17-2-4-18(5-3-17)33-26(37)32-14-23(30)31/h2-7,12-13,16,23H,8-11,14-15H2,1H3,(H2,32,33,37)/t16-/m0/s1. The van der Waals surface area contributed by atoms with Gasteiger partial charge >= 0.3 is 6.03 Å². The highest BCUT2D eigenvalue weighted by molar-refractivity contribution is 7.92. The zero-order valence-corrected chi connectivity index (χ0v) is 22.7. The molecule has 5 rings (SSSR count). The van der Waals surface area contributed by atoms with Crippen LogP contribution in [0.4, 0.5) is 33.9 Å². The molecule has 2 aliphatic rings. The summed E-state index contributed by atoms with van der Waals surface area (Å²) in [5, 5.41) is 4.50. The predicted octanol–water partition coefficient (Wildman–Crippen LogP) is 4.50. The molecule has 0 radical (unpaired) electrons. The third kappa shape index (κ3) is 5.84. The molecule has 2 N–H and O–H groups in total. The largest absolute Gasteiger partial charge is 0.377 e. The molecule has 2 fully saturated rings. The number of benzene rings is 2. The van der Waals surface area contributed by atoms with Crippen LogP contribution in [0.1, 0.15) is 25.5 Å². The molecule has 1 atom stereocenters. The number of halogens is 4. The molecule has 1 saturated heterocycles. The number of hydrogen-bond acceptors (Lipinski definition) is 7. The van der Waals surface area contributed by atoms with Crippen molar-refractivity contribution < 1.29 is 35.5 Å². The molecule has 0 unspecified atom stereocenters. The van der Waals surface area contributed by atoms with Crippen molar-refractivity contribution in [2.24, 2.45) is 0 Å². The number of carbonyl (C=O) groups excluding carboxylic acids is 1. The number of urea groups is 1. The van der Waals surface area contributed by atoms with E-state index in [1.807, 2.05) is 17.1 Å². The number of nitrogens with zero attached hydrogens (tertiary/aromatic N) is 3. The summed E-state index contributed by atoms with van der Waals surface area (Å²) < 4.78 is 83.9. The van der Waals surface area contributed by atoms with Crippen LogP contribution >= 0.6 is 0 Å². The Morgan fingerprint density at radius 2 is 1.83 bits per heavy atom. The average molecular weight is 594 g/mol. The second-order valence-electron chi connectivity index (χ2n) is 9.93. The van der Waals surface area contributed by atoms with Crippen LogP contribution in [0.15, 0.2) is 53.4 Å². The number of nitrogens with one attached hydrogen (secondary N) is 2. The highest BCUT2D eigenvalue weighted by Gasteiger charge is 2.58. The third-order valence-electron chi connectivity index (χ3n) is 7.08. The number of hydrogen-bond donors (Lipinski definition) is 2. The molecule has 1 saturated carbocycles. The van der Waals surface area contributed by atoms with Crippen LogP contribution in [0.25, 0.3) is 11.4 Å². The van der Waals surface area contributed by atoms with Crippen LogP contribution in [-0.4, -0.2) is 63.2 Å². The van der Waals surface area contributed by atoms with Crippen molar-refractivity contribution in [3.8, 4) is 11.4 Å². The van der Waals surface area contributed by atoms with E-state index in [4.69, 9.17) is 9.72 Å². The molecule has 2 aromatic carbocycles. The number of morpholine rings is 1. The average Bonchev–Trinajstić information content (AvgIpc) is 3.77. The minimum Gasteiger partial charge on any atom is -0.377 e. The molecule has 1 aliphatic carbocycles. The maximum absolute atomic E-state index is 14.0. The first kappa shape index (κ1) is 28.7. The molecule has 3 aromatic rings. The van der Waals surface area contributed by atoms with Crippen LogP contribution in [0.3, 0.4) is 0 Å². The molecule has 2 heterocycles. The van der Waals surface area contributed by atoms with Crippen LogP contribution in [0.5, 0.6) is 0 Å². The van der Waals surface area contributed by atoms with Crippen LogP contribution in [-0.2, 0) is 19.3 Å². The Morgan fingerprint density at radius 1 is 1.10 bits per heavy atom. The van der Waals surface area contributed by atoms with Crippen LogP contribution in [0, 0.1) is 11.6 Å². The highest BCUT2D eigenvalue weighted by atomic mass is 32.2. The van der Waals surface area contributed by atoms with E-state index < -0.39 is 45.2 Å². The predicted molar refractivity (Wildman–Crippen MR) is 143 cm³/mol. The Labute approximate surface area is 233 Å². The van der Waals surface area contributed by atoms with Gasteiger partial charge in [0, 0.05) is 23.9 Å². The van der Waals surface area contributed by atoms with Crippen molar-refractivity contribution in [1.82, 2.24) is 15.3 Å². The second-order valence-corrected chi connectivity index (χ2v) is 12.2. The van der Waals surface area contributed by atoms with Crippen LogP contribution in [0.2, 0.25) is 0 Å². The highest BCUT2D eigenvalue weighted by Crippen LogP contribution is 2.55. The maximum Gasteiger partial charge on any atom is 0.319 e. The number of carbonyl (C=O) groups is 1. The number of sulfone groups is 1.